The maximum absolute atomic E-state index is 6.73. The summed E-state index contributed by atoms with van der Waals surface area (Å²) < 4.78 is 6.73. The van der Waals surface area contributed by atoms with E-state index in [1.165, 1.54) is 16.5 Å². The third kappa shape index (κ3) is 5.19. The van der Waals surface area contributed by atoms with Crippen LogP contribution in [0.2, 0.25) is 0 Å². The van der Waals surface area contributed by atoms with Gasteiger partial charge in [-0.25, -0.2) is 15.0 Å². The Morgan fingerprint density at radius 1 is 0.309 bits per heavy atom. The van der Waals surface area contributed by atoms with E-state index in [0.717, 1.165) is 76.7 Å². The maximum atomic E-state index is 6.73. The van der Waals surface area contributed by atoms with Crippen molar-refractivity contribution in [2.75, 3.05) is 0 Å². The van der Waals surface area contributed by atoms with Gasteiger partial charge in [-0.05, 0) is 73.5 Å². The topological polar surface area (TPSA) is 51.8 Å². The molecule has 2 aromatic heterocycles. The summed E-state index contributed by atoms with van der Waals surface area (Å²) in [5.74, 6) is 1.90. The summed E-state index contributed by atoms with van der Waals surface area (Å²) in [5, 5.41) is 8.93. The number of furan rings is 1. The predicted octanol–water partition coefficient (Wildman–Crippen LogP) is 13.6. The van der Waals surface area contributed by atoms with Crippen LogP contribution in [0.25, 0.3) is 111 Å². The Morgan fingerprint density at radius 3 is 1.71 bits per heavy atom. The smallest absolute Gasteiger partial charge is 0.164 e. The van der Waals surface area contributed by atoms with Crippen molar-refractivity contribution in [1.82, 2.24) is 15.0 Å². The molecule has 11 aromatic rings. The van der Waals surface area contributed by atoms with Crippen molar-refractivity contribution in [3.8, 4) is 56.4 Å². The van der Waals surface area contributed by atoms with E-state index < -0.39 is 0 Å². The normalized spacial score (nSPS) is 11.6. The number of nitrogens with zero attached hydrogens (tertiary/aromatic N) is 3. The maximum Gasteiger partial charge on any atom is 0.164 e. The zero-order chi connectivity index (χ0) is 36.3. The van der Waals surface area contributed by atoms with Crippen LogP contribution in [-0.2, 0) is 0 Å². The number of hydrogen-bond acceptors (Lipinski definition) is 4. The first-order valence-electron chi connectivity index (χ1n) is 18.5. The number of benzene rings is 9. The lowest BCUT2D eigenvalue weighted by Crippen LogP contribution is -2.01. The van der Waals surface area contributed by atoms with Gasteiger partial charge in [0.25, 0.3) is 0 Å². The average Bonchev–Trinajstić information content (AvgIpc) is 3.66. The second-order valence-electron chi connectivity index (χ2n) is 13.9. The molecule has 0 aliphatic carbocycles. The number of para-hydroxylation sites is 1. The fraction of sp³-hybridized carbons (Fsp3) is 0. The zero-order valence-corrected chi connectivity index (χ0v) is 29.6. The van der Waals surface area contributed by atoms with Crippen LogP contribution >= 0.6 is 0 Å². The van der Waals surface area contributed by atoms with E-state index >= 15 is 0 Å². The van der Waals surface area contributed by atoms with Crippen molar-refractivity contribution in [3.63, 3.8) is 0 Å². The zero-order valence-electron chi connectivity index (χ0n) is 29.6. The molecule has 0 unspecified atom stereocenters. The van der Waals surface area contributed by atoms with Crippen LogP contribution in [0.15, 0.2) is 192 Å². The highest BCUT2D eigenvalue weighted by molar-refractivity contribution is 6.24. The van der Waals surface area contributed by atoms with Gasteiger partial charge in [0, 0.05) is 32.8 Å². The van der Waals surface area contributed by atoms with Gasteiger partial charge in [-0.15, -0.1) is 0 Å². The molecule has 11 rings (SSSR count). The molecule has 0 fully saturated rings. The largest absolute Gasteiger partial charge is 0.455 e. The average molecular weight is 702 g/mol. The molecular weight excluding hydrogens is 671 g/mol. The van der Waals surface area contributed by atoms with Gasteiger partial charge in [0.2, 0.25) is 0 Å². The van der Waals surface area contributed by atoms with E-state index in [2.05, 4.69) is 164 Å². The van der Waals surface area contributed by atoms with E-state index in [0.29, 0.717) is 17.5 Å². The van der Waals surface area contributed by atoms with Gasteiger partial charge in [-0.3, -0.25) is 0 Å². The summed E-state index contributed by atoms with van der Waals surface area (Å²) >= 11 is 0. The standard InChI is InChI=1S/C51H31N3O/c1-3-15-33(16-4-1)37-23-13-24-41-44(37)31-45(47-43-22-11-12-25-46(43)55-48(41)47)40-28-29-42(39-21-10-9-20-38(39)40)51-53-49(34-17-5-2-6-18-34)52-50(54-51)36-27-26-32-14-7-8-19-35(32)30-36/h1-31H. The van der Waals surface area contributed by atoms with Crippen molar-refractivity contribution in [1.29, 1.82) is 0 Å². The Labute approximate surface area is 317 Å². The van der Waals surface area contributed by atoms with Crippen LogP contribution in [0.5, 0.6) is 0 Å². The molecule has 0 aliphatic rings. The molecule has 0 bridgehead atoms. The fourth-order valence-corrected chi connectivity index (χ4v) is 8.12. The van der Waals surface area contributed by atoms with E-state index in [1.54, 1.807) is 0 Å². The molecule has 0 amide bonds. The number of aromatic nitrogens is 3. The molecule has 4 nitrogen and oxygen atoms in total. The summed E-state index contributed by atoms with van der Waals surface area (Å²) in [6.07, 6.45) is 0. The van der Waals surface area contributed by atoms with Crippen LogP contribution in [0.1, 0.15) is 0 Å². The fourth-order valence-electron chi connectivity index (χ4n) is 8.12. The molecule has 0 atom stereocenters. The summed E-state index contributed by atoms with van der Waals surface area (Å²) in [6, 6.07) is 65.7. The molecular formula is C51H31N3O. The van der Waals surface area contributed by atoms with Gasteiger partial charge in [0.1, 0.15) is 11.2 Å². The number of hydrogen-bond donors (Lipinski definition) is 0. The van der Waals surface area contributed by atoms with E-state index in [-0.39, 0.29) is 0 Å². The van der Waals surface area contributed by atoms with Gasteiger partial charge in [-0.2, -0.15) is 0 Å². The summed E-state index contributed by atoms with van der Waals surface area (Å²) in [5.41, 5.74) is 9.17. The Balaban J connectivity index is 1.17. The first kappa shape index (κ1) is 31.1. The molecule has 0 radical (unpaired) electrons. The van der Waals surface area contributed by atoms with Crippen molar-refractivity contribution in [3.05, 3.63) is 188 Å². The predicted molar refractivity (Wildman–Crippen MR) is 227 cm³/mol. The second kappa shape index (κ2) is 12.6. The van der Waals surface area contributed by atoms with Crippen molar-refractivity contribution < 1.29 is 4.42 Å². The van der Waals surface area contributed by atoms with Crippen LogP contribution in [0, 0.1) is 0 Å². The second-order valence-corrected chi connectivity index (χ2v) is 13.9. The molecule has 256 valence electrons. The minimum absolute atomic E-state index is 0.628. The highest BCUT2D eigenvalue weighted by Crippen LogP contribution is 2.46. The van der Waals surface area contributed by atoms with E-state index in [1.807, 2.05) is 24.3 Å². The third-order valence-electron chi connectivity index (χ3n) is 10.7. The third-order valence-corrected chi connectivity index (χ3v) is 10.7. The van der Waals surface area contributed by atoms with Crippen LogP contribution in [0.3, 0.4) is 0 Å². The monoisotopic (exact) mass is 701 g/mol. The minimum Gasteiger partial charge on any atom is -0.455 e. The molecule has 2 heterocycles. The van der Waals surface area contributed by atoms with Gasteiger partial charge >= 0.3 is 0 Å². The van der Waals surface area contributed by atoms with Crippen molar-refractivity contribution in [2.45, 2.75) is 0 Å². The Hall–Kier alpha value is -7.43. The summed E-state index contributed by atoms with van der Waals surface area (Å²) in [6.45, 7) is 0. The molecule has 0 spiro atoms. The lowest BCUT2D eigenvalue weighted by atomic mass is 9.88. The number of fused-ring (bicyclic) bond motifs is 7. The molecule has 55 heavy (non-hydrogen) atoms. The van der Waals surface area contributed by atoms with Crippen molar-refractivity contribution >= 4 is 54.3 Å². The molecule has 0 saturated carbocycles. The SMILES string of the molecule is c1ccc(-c2nc(-c3ccc4ccccc4c3)nc(-c3ccc(-c4cc5c(-c6ccccc6)cccc5c5oc6ccccc6c45)c4ccccc34)n2)cc1. The van der Waals surface area contributed by atoms with Crippen LogP contribution in [0.4, 0.5) is 0 Å². The quantitative estimate of drug-likeness (QED) is 0.179. The van der Waals surface area contributed by atoms with E-state index in [4.69, 9.17) is 19.4 Å². The molecule has 0 saturated heterocycles. The summed E-state index contributed by atoms with van der Waals surface area (Å²) in [4.78, 5) is 15.4. The highest BCUT2D eigenvalue weighted by Gasteiger charge is 2.21. The first-order chi connectivity index (χ1) is 27.3. The number of rotatable bonds is 5. The summed E-state index contributed by atoms with van der Waals surface area (Å²) in [7, 11) is 0. The van der Waals surface area contributed by atoms with E-state index in [9.17, 15) is 0 Å². The lowest BCUT2D eigenvalue weighted by molar-refractivity contribution is 0.673. The van der Waals surface area contributed by atoms with Crippen LogP contribution in [-0.4, -0.2) is 15.0 Å². The van der Waals surface area contributed by atoms with Gasteiger partial charge in [0.05, 0.1) is 0 Å². The van der Waals surface area contributed by atoms with Gasteiger partial charge < -0.3 is 4.42 Å². The Morgan fingerprint density at radius 2 is 0.909 bits per heavy atom. The highest BCUT2D eigenvalue weighted by atomic mass is 16.3. The Kier molecular flexibility index (Phi) is 7.14. The Bertz CT molecular complexity index is 3260. The van der Waals surface area contributed by atoms with Crippen LogP contribution < -0.4 is 0 Å². The molecule has 4 heteroatoms. The van der Waals surface area contributed by atoms with Gasteiger partial charge in [-0.1, -0.05) is 164 Å². The minimum atomic E-state index is 0.628. The first-order valence-corrected chi connectivity index (χ1v) is 18.5. The van der Waals surface area contributed by atoms with Gasteiger partial charge in [0.15, 0.2) is 17.5 Å². The lowest BCUT2D eigenvalue weighted by Gasteiger charge is -2.15. The molecule has 0 N–H and O–H groups in total. The van der Waals surface area contributed by atoms with Crippen molar-refractivity contribution in [2.24, 2.45) is 0 Å². The molecule has 9 aromatic carbocycles. The molecule has 0 aliphatic heterocycles.